The van der Waals surface area contributed by atoms with E-state index in [2.05, 4.69) is 15.5 Å². The maximum Gasteiger partial charge on any atom is 0.0663 e. The van der Waals surface area contributed by atoms with E-state index < -0.39 is 0 Å². The van der Waals surface area contributed by atoms with E-state index in [9.17, 15) is 0 Å². The molecule has 0 radical (unpaired) electrons. The molecule has 50 valence electrons. The summed E-state index contributed by atoms with van der Waals surface area (Å²) in [6.07, 6.45) is 5.77. The number of aryl methyl sites for hydroxylation is 1. The third kappa shape index (κ3) is 0.620. The average molecular weight is 132 g/mol. The summed E-state index contributed by atoms with van der Waals surface area (Å²) in [6.45, 7) is 2.01. The van der Waals surface area contributed by atoms with Crippen LogP contribution in [0.1, 0.15) is 5.69 Å². The topological polar surface area (TPSA) is 17.3 Å². The van der Waals surface area contributed by atoms with Crippen LogP contribution in [0.2, 0.25) is 0 Å². The lowest BCUT2D eigenvalue weighted by Crippen LogP contribution is -1.86. The Balaban J connectivity index is 2.95. The van der Waals surface area contributed by atoms with Crippen molar-refractivity contribution in [2.45, 2.75) is 6.92 Å². The standard InChI is InChI=1S/C8H8N2/c1-7-8-3-2-5-10(8)6-4-9-7/h2-6H,1H3. The molecular weight excluding hydrogens is 124 g/mol. The highest BCUT2D eigenvalue weighted by Crippen LogP contribution is 2.05. The van der Waals surface area contributed by atoms with Crippen molar-refractivity contribution >= 4 is 5.52 Å². The molecule has 0 aliphatic carbocycles. The highest BCUT2D eigenvalue weighted by atomic mass is 14.9. The fourth-order valence-corrected chi connectivity index (χ4v) is 1.11. The average Bonchev–Trinajstić information content (AvgIpc) is 2.36. The van der Waals surface area contributed by atoms with Crippen LogP contribution in [0.5, 0.6) is 0 Å². The van der Waals surface area contributed by atoms with Crippen molar-refractivity contribution < 1.29 is 0 Å². The van der Waals surface area contributed by atoms with Gasteiger partial charge in [-0.1, -0.05) is 0 Å². The Kier molecular flexibility index (Phi) is 1.01. The first-order valence-electron chi connectivity index (χ1n) is 3.26. The van der Waals surface area contributed by atoms with Gasteiger partial charge in [0, 0.05) is 18.6 Å². The molecule has 10 heavy (non-hydrogen) atoms. The lowest BCUT2D eigenvalue weighted by Gasteiger charge is -1.94. The maximum atomic E-state index is 4.16. The van der Waals surface area contributed by atoms with E-state index >= 15 is 0 Å². The van der Waals surface area contributed by atoms with Gasteiger partial charge in [-0.25, -0.2) is 0 Å². The summed E-state index contributed by atoms with van der Waals surface area (Å²) >= 11 is 0. The zero-order valence-corrected chi connectivity index (χ0v) is 5.78. The second-order valence-corrected chi connectivity index (χ2v) is 2.31. The Hall–Kier alpha value is -1.31. The fraction of sp³-hybridized carbons (Fsp3) is 0.125. The number of rotatable bonds is 0. The second kappa shape index (κ2) is 1.84. The zero-order chi connectivity index (χ0) is 6.97. The van der Waals surface area contributed by atoms with Crippen LogP contribution < -0.4 is 0 Å². The van der Waals surface area contributed by atoms with Crippen LogP contribution in [0.3, 0.4) is 0 Å². The highest BCUT2D eigenvalue weighted by Gasteiger charge is 1.93. The SMILES string of the molecule is Cc1nccn2cccc12. The Bertz CT molecular complexity index is 349. The van der Waals surface area contributed by atoms with E-state index in [4.69, 9.17) is 0 Å². The molecule has 0 N–H and O–H groups in total. The fourth-order valence-electron chi connectivity index (χ4n) is 1.11. The minimum Gasteiger partial charge on any atom is -0.321 e. The third-order valence-corrected chi connectivity index (χ3v) is 1.65. The van der Waals surface area contributed by atoms with Crippen molar-refractivity contribution in [2.75, 3.05) is 0 Å². The molecule has 0 fully saturated rings. The Morgan fingerprint density at radius 3 is 3.10 bits per heavy atom. The van der Waals surface area contributed by atoms with Crippen LogP contribution in [0, 0.1) is 6.92 Å². The van der Waals surface area contributed by atoms with Gasteiger partial charge in [0.15, 0.2) is 0 Å². The van der Waals surface area contributed by atoms with Crippen molar-refractivity contribution in [3.05, 3.63) is 36.4 Å². The van der Waals surface area contributed by atoms with Crippen LogP contribution in [0.25, 0.3) is 5.52 Å². The molecule has 0 saturated heterocycles. The smallest absolute Gasteiger partial charge is 0.0663 e. The molecule has 0 saturated carbocycles. The molecule has 0 atom stereocenters. The van der Waals surface area contributed by atoms with Gasteiger partial charge in [-0.3, -0.25) is 4.98 Å². The molecule has 0 spiro atoms. The van der Waals surface area contributed by atoms with E-state index in [1.807, 2.05) is 31.6 Å². The number of aromatic nitrogens is 2. The van der Waals surface area contributed by atoms with Crippen LogP contribution in [-0.2, 0) is 0 Å². The molecule has 0 aliphatic heterocycles. The van der Waals surface area contributed by atoms with Gasteiger partial charge in [0.25, 0.3) is 0 Å². The van der Waals surface area contributed by atoms with E-state index in [1.165, 1.54) is 5.52 Å². The molecule has 2 nitrogen and oxygen atoms in total. The van der Waals surface area contributed by atoms with E-state index in [-0.39, 0.29) is 0 Å². The van der Waals surface area contributed by atoms with Gasteiger partial charge in [0.2, 0.25) is 0 Å². The summed E-state index contributed by atoms with van der Waals surface area (Å²) in [6, 6.07) is 4.08. The normalized spacial score (nSPS) is 10.5. The Labute approximate surface area is 59.1 Å². The largest absolute Gasteiger partial charge is 0.321 e. The highest BCUT2D eigenvalue weighted by molar-refractivity contribution is 5.50. The van der Waals surface area contributed by atoms with E-state index in [1.54, 1.807) is 0 Å². The molecule has 2 heterocycles. The molecule has 2 aromatic heterocycles. The van der Waals surface area contributed by atoms with E-state index in [0.717, 1.165) is 5.69 Å². The molecule has 2 heteroatoms. The van der Waals surface area contributed by atoms with Crippen LogP contribution >= 0.6 is 0 Å². The minimum atomic E-state index is 1.08. The number of hydrogen-bond donors (Lipinski definition) is 0. The van der Waals surface area contributed by atoms with Crippen LogP contribution in [0.4, 0.5) is 0 Å². The lowest BCUT2D eigenvalue weighted by molar-refractivity contribution is 1.09. The summed E-state index contributed by atoms with van der Waals surface area (Å²) in [5.41, 5.74) is 2.26. The van der Waals surface area contributed by atoms with E-state index in [0.29, 0.717) is 0 Å². The summed E-state index contributed by atoms with van der Waals surface area (Å²) < 4.78 is 2.06. The Morgan fingerprint density at radius 1 is 1.40 bits per heavy atom. The molecular formula is C8H8N2. The Morgan fingerprint density at radius 2 is 2.30 bits per heavy atom. The predicted molar refractivity (Wildman–Crippen MR) is 39.9 cm³/mol. The molecule has 0 unspecified atom stereocenters. The van der Waals surface area contributed by atoms with Gasteiger partial charge >= 0.3 is 0 Å². The van der Waals surface area contributed by atoms with Crippen molar-refractivity contribution in [1.29, 1.82) is 0 Å². The molecule has 0 aliphatic rings. The van der Waals surface area contributed by atoms with Crippen LogP contribution in [-0.4, -0.2) is 9.38 Å². The van der Waals surface area contributed by atoms with Gasteiger partial charge in [0.1, 0.15) is 0 Å². The van der Waals surface area contributed by atoms with Crippen molar-refractivity contribution in [2.24, 2.45) is 0 Å². The number of hydrogen-bond acceptors (Lipinski definition) is 1. The van der Waals surface area contributed by atoms with Crippen molar-refractivity contribution in [3.8, 4) is 0 Å². The summed E-state index contributed by atoms with van der Waals surface area (Å²) in [5, 5.41) is 0. The first-order chi connectivity index (χ1) is 4.88. The first-order valence-corrected chi connectivity index (χ1v) is 3.26. The quantitative estimate of drug-likeness (QED) is 0.532. The molecule has 0 aromatic carbocycles. The van der Waals surface area contributed by atoms with Gasteiger partial charge in [-0.05, 0) is 19.1 Å². The monoisotopic (exact) mass is 132 g/mol. The van der Waals surface area contributed by atoms with Crippen LogP contribution in [0.15, 0.2) is 30.7 Å². The van der Waals surface area contributed by atoms with Crippen molar-refractivity contribution in [1.82, 2.24) is 9.38 Å². The van der Waals surface area contributed by atoms with Gasteiger partial charge in [-0.2, -0.15) is 0 Å². The molecule has 2 rings (SSSR count). The first kappa shape index (κ1) is 5.47. The van der Waals surface area contributed by atoms with Gasteiger partial charge in [0.05, 0.1) is 11.2 Å². The van der Waals surface area contributed by atoms with Gasteiger partial charge in [-0.15, -0.1) is 0 Å². The third-order valence-electron chi connectivity index (χ3n) is 1.65. The number of nitrogens with zero attached hydrogens (tertiary/aromatic N) is 2. The molecule has 2 aromatic rings. The zero-order valence-electron chi connectivity index (χ0n) is 5.78. The predicted octanol–water partition coefficient (Wildman–Crippen LogP) is 1.64. The lowest BCUT2D eigenvalue weighted by atomic mass is 10.4. The summed E-state index contributed by atoms with van der Waals surface area (Å²) in [4.78, 5) is 4.16. The minimum absolute atomic E-state index is 1.08. The van der Waals surface area contributed by atoms with Crippen molar-refractivity contribution in [3.63, 3.8) is 0 Å². The summed E-state index contributed by atoms with van der Waals surface area (Å²) in [5.74, 6) is 0. The molecule has 0 bridgehead atoms. The maximum absolute atomic E-state index is 4.16. The summed E-state index contributed by atoms with van der Waals surface area (Å²) in [7, 11) is 0. The van der Waals surface area contributed by atoms with Gasteiger partial charge < -0.3 is 4.40 Å². The number of fused-ring (bicyclic) bond motifs is 1. The molecule has 0 amide bonds. The second-order valence-electron chi connectivity index (χ2n) is 2.31.